The van der Waals surface area contributed by atoms with Gasteiger partial charge < -0.3 is 20.7 Å². The maximum absolute atomic E-state index is 13.2. The largest absolute Gasteiger partial charge is 0.381 e. The van der Waals surface area contributed by atoms with Crippen molar-refractivity contribution in [1.29, 1.82) is 0 Å². The molecule has 0 aliphatic rings. The highest BCUT2D eigenvalue weighted by molar-refractivity contribution is 5.44. The lowest BCUT2D eigenvalue weighted by Gasteiger charge is -2.11. The summed E-state index contributed by atoms with van der Waals surface area (Å²) in [7, 11) is 3.89. The zero-order valence-corrected chi connectivity index (χ0v) is 10.5. The van der Waals surface area contributed by atoms with Crippen LogP contribution >= 0.6 is 0 Å². The number of nitrogen functional groups attached to an aromatic ring is 1. The SMILES string of the molecule is CN(C)CCOCCNc1nc(N)c(F)cc1F. The van der Waals surface area contributed by atoms with Crippen molar-refractivity contribution >= 4 is 11.6 Å². The van der Waals surface area contributed by atoms with Crippen LogP contribution in [0.5, 0.6) is 0 Å². The van der Waals surface area contributed by atoms with Crippen LogP contribution in [0.3, 0.4) is 0 Å². The summed E-state index contributed by atoms with van der Waals surface area (Å²) in [5.74, 6) is -2.02. The molecule has 0 bridgehead atoms. The molecule has 0 aliphatic heterocycles. The molecule has 0 aromatic carbocycles. The van der Waals surface area contributed by atoms with Crippen LogP contribution in [0.1, 0.15) is 0 Å². The minimum Gasteiger partial charge on any atom is -0.381 e. The van der Waals surface area contributed by atoms with Gasteiger partial charge >= 0.3 is 0 Å². The van der Waals surface area contributed by atoms with E-state index in [1.165, 1.54) is 0 Å². The first-order valence-electron chi connectivity index (χ1n) is 5.58. The average molecular weight is 260 g/mol. The molecule has 0 aliphatic carbocycles. The van der Waals surface area contributed by atoms with E-state index in [0.717, 1.165) is 6.54 Å². The monoisotopic (exact) mass is 260 g/mol. The number of hydrogen-bond donors (Lipinski definition) is 2. The van der Waals surface area contributed by atoms with Crippen molar-refractivity contribution in [2.45, 2.75) is 0 Å². The Bertz CT molecular complexity index is 388. The van der Waals surface area contributed by atoms with Crippen LogP contribution < -0.4 is 11.1 Å². The van der Waals surface area contributed by atoms with E-state index >= 15 is 0 Å². The molecule has 0 radical (unpaired) electrons. The summed E-state index contributed by atoms with van der Waals surface area (Å²) in [6.07, 6.45) is 0. The normalized spacial score (nSPS) is 10.9. The second kappa shape index (κ2) is 7.07. The number of nitrogens with two attached hydrogens (primary N) is 1. The smallest absolute Gasteiger partial charge is 0.168 e. The number of ether oxygens (including phenoxy) is 1. The predicted octanol–water partition coefficient (Wildman–Crippen LogP) is 0.932. The maximum Gasteiger partial charge on any atom is 0.168 e. The quantitative estimate of drug-likeness (QED) is 0.714. The maximum atomic E-state index is 13.2. The van der Waals surface area contributed by atoms with Gasteiger partial charge in [0.2, 0.25) is 0 Å². The highest BCUT2D eigenvalue weighted by Gasteiger charge is 2.08. The van der Waals surface area contributed by atoms with Gasteiger partial charge in [0, 0.05) is 19.2 Å². The fourth-order valence-electron chi connectivity index (χ4n) is 1.20. The second-order valence-electron chi connectivity index (χ2n) is 4.03. The fourth-order valence-corrected chi connectivity index (χ4v) is 1.20. The van der Waals surface area contributed by atoms with Gasteiger partial charge in [0.1, 0.15) is 0 Å². The van der Waals surface area contributed by atoms with E-state index in [-0.39, 0.29) is 11.6 Å². The van der Waals surface area contributed by atoms with E-state index in [1.54, 1.807) is 0 Å². The number of nitrogens with zero attached hydrogens (tertiary/aromatic N) is 2. The first kappa shape index (κ1) is 14.6. The number of anilines is 2. The lowest BCUT2D eigenvalue weighted by Crippen LogP contribution is -2.20. The Morgan fingerprint density at radius 3 is 2.72 bits per heavy atom. The molecule has 102 valence electrons. The molecule has 0 fully saturated rings. The van der Waals surface area contributed by atoms with Crippen LogP contribution in [0.2, 0.25) is 0 Å². The third-order valence-electron chi connectivity index (χ3n) is 2.18. The van der Waals surface area contributed by atoms with Crippen molar-refractivity contribution < 1.29 is 13.5 Å². The third-order valence-corrected chi connectivity index (χ3v) is 2.18. The van der Waals surface area contributed by atoms with Gasteiger partial charge in [-0.15, -0.1) is 0 Å². The van der Waals surface area contributed by atoms with Crippen molar-refractivity contribution in [3.63, 3.8) is 0 Å². The molecule has 0 saturated carbocycles. The summed E-state index contributed by atoms with van der Waals surface area (Å²) in [5, 5.41) is 2.70. The Morgan fingerprint density at radius 1 is 1.33 bits per heavy atom. The highest BCUT2D eigenvalue weighted by atomic mass is 19.1. The Labute approximate surface area is 105 Å². The molecule has 0 saturated heterocycles. The van der Waals surface area contributed by atoms with E-state index in [1.807, 2.05) is 19.0 Å². The van der Waals surface area contributed by atoms with Crippen molar-refractivity contribution in [1.82, 2.24) is 9.88 Å². The van der Waals surface area contributed by atoms with E-state index in [2.05, 4.69) is 10.3 Å². The molecule has 1 aromatic rings. The zero-order valence-electron chi connectivity index (χ0n) is 10.5. The van der Waals surface area contributed by atoms with Gasteiger partial charge in [-0.25, -0.2) is 13.8 Å². The van der Waals surface area contributed by atoms with Crippen LogP contribution in [0.15, 0.2) is 6.07 Å². The third kappa shape index (κ3) is 4.80. The number of hydrogen-bond acceptors (Lipinski definition) is 5. The standard InChI is InChI=1S/C11H18F2N4O/c1-17(2)4-6-18-5-3-15-11-9(13)7-8(12)10(14)16-11/h7H,3-6H2,1-2H3,(H3,14,15,16). The van der Waals surface area contributed by atoms with Crippen molar-refractivity contribution in [2.24, 2.45) is 0 Å². The van der Waals surface area contributed by atoms with Gasteiger partial charge in [-0.3, -0.25) is 0 Å². The van der Waals surface area contributed by atoms with Crippen LogP contribution in [-0.4, -0.2) is 50.3 Å². The number of likely N-dealkylation sites (N-methyl/N-ethyl adjacent to an activating group) is 1. The summed E-state index contributed by atoms with van der Waals surface area (Å²) in [5.41, 5.74) is 5.25. The Morgan fingerprint density at radius 2 is 2.06 bits per heavy atom. The molecule has 5 nitrogen and oxygen atoms in total. The fraction of sp³-hybridized carbons (Fsp3) is 0.545. The van der Waals surface area contributed by atoms with Gasteiger partial charge in [0.05, 0.1) is 13.2 Å². The van der Waals surface area contributed by atoms with Crippen LogP contribution in [0.25, 0.3) is 0 Å². The minimum atomic E-state index is -0.861. The van der Waals surface area contributed by atoms with E-state index in [4.69, 9.17) is 10.5 Å². The Balaban J connectivity index is 2.29. The number of halogens is 2. The molecule has 1 aromatic heterocycles. The molecular formula is C11H18F2N4O. The molecule has 3 N–H and O–H groups in total. The highest BCUT2D eigenvalue weighted by Crippen LogP contribution is 2.15. The molecule has 7 heteroatoms. The Kier molecular flexibility index (Phi) is 5.73. The molecule has 0 amide bonds. The molecule has 0 spiro atoms. The number of pyridine rings is 1. The van der Waals surface area contributed by atoms with Gasteiger partial charge in [0.15, 0.2) is 23.3 Å². The molecule has 0 atom stereocenters. The topological polar surface area (TPSA) is 63.4 Å². The Hall–Kier alpha value is -1.47. The summed E-state index contributed by atoms with van der Waals surface area (Å²) in [6.45, 7) is 2.20. The van der Waals surface area contributed by atoms with Crippen molar-refractivity contribution in [3.05, 3.63) is 17.7 Å². The molecule has 1 heterocycles. The van der Waals surface area contributed by atoms with Crippen molar-refractivity contribution in [3.8, 4) is 0 Å². The van der Waals surface area contributed by atoms with E-state index in [9.17, 15) is 8.78 Å². The summed E-state index contributed by atoms with van der Waals surface area (Å²) in [4.78, 5) is 5.57. The molecule has 0 unspecified atom stereocenters. The zero-order chi connectivity index (χ0) is 13.5. The second-order valence-corrected chi connectivity index (χ2v) is 4.03. The van der Waals surface area contributed by atoms with E-state index < -0.39 is 11.6 Å². The number of nitrogens with one attached hydrogen (secondary N) is 1. The van der Waals surface area contributed by atoms with Crippen LogP contribution in [0, 0.1) is 11.6 Å². The first-order valence-corrected chi connectivity index (χ1v) is 5.58. The molecule has 18 heavy (non-hydrogen) atoms. The predicted molar refractivity (Wildman–Crippen MR) is 66.4 cm³/mol. The van der Waals surface area contributed by atoms with Crippen LogP contribution in [-0.2, 0) is 4.74 Å². The van der Waals surface area contributed by atoms with Gasteiger partial charge in [-0.1, -0.05) is 0 Å². The lowest BCUT2D eigenvalue weighted by atomic mass is 10.4. The number of aromatic nitrogens is 1. The van der Waals surface area contributed by atoms with Gasteiger partial charge in [0.25, 0.3) is 0 Å². The first-order chi connectivity index (χ1) is 8.50. The van der Waals surface area contributed by atoms with Crippen LogP contribution in [0.4, 0.5) is 20.4 Å². The molecule has 1 rings (SSSR count). The minimum absolute atomic E-state index is 0.0647. The van der Waals surface area contributed by atoms with Gasteiger partial charge in [-0.05, 0) is 14.1 Å². The molecular weight excluding hydrogens is 242 g/mol. The summed E-state index contributed by atoms with van der Waals surface area (Å²) >= 11 is 0. The summed E-state index contributed by atoms with van der Waals surface area (Å²) < 4.78 is 31.4. The van der Waals surface area contributed by atoms with Crippen molar-refractivity contribution in [2.75, 3.05) is 51.4 Å². The summed E-state index contributed by atoms with van der Waals surface area (Å²) in [6, 6.07) is 0.706. The van der Waals surface area contributed by atoms with E-state index in [0.29, 0.717) is 25.8 Å². The average Bonchev–Trinajstić information content (AvgIpc) is 2.29. The van der Waals surface area contributed by atoms with Gasteiger partial charge in [-0.2, -0.15) is 0 Å². The lowest BCUT2D eigenvalue weighted by molar-refractivity contribution is 0.126. The number of rotatable bonds is 7.